The lowest BCUT2D eigenvalue weighted by Gasteiger charge is -2.21. The molecule has 0 aliphatic heterocycles. The van der Waals surface area contributed by atoms with Crippen molar-refractivity contribution in [2.75, 3.05) is 7.05 Å². The van der Waals surface area contributed by atoms with Crippen LogP contribution in [0.15, 0.2) is 18.2 Å². The van der Waals surface area contributed by atoms with Gasteiger partial charge in [0.15, 0.2) is 0 Å². The molecule has 1 rings (SSSR count). The van der Waals surface area contributed by atoms with Crippen LogP contribution in [0.5, 0.6) is 0 Å². The first-order valence-electron chi connectivity index (χ1n) is 6.19. The molecule has 0 unspecified atom stereocenters. The standard InChI is InChI=1S/C14H22.CH5N/c1-6-11-8-9-13(14(3,4)5)10-12(11)7-2;1-2/h8-10H,6-7H2,1-5H3;2H2,1H3. The maximum Gasteiger partial charge on any atom is -0.0132 e. The molecule has 0 aromatic heterocycles. The van der Waals surface area contributed by atoms with Crippen LogP contribution < -0.4 is 5.73 Å². The van der Waals surface area contributed by atoms with Crippen LogP contribution in [0.25, 0.3) is 0 Å². The van der Waals surface area contributed by atoms with Gasteiger partial charge < -0.3 is 5.73 Å². The predicted molar refractivity (Wildman–Crippen MR) is 74.0 cm³/mol. The number of aryl methyl sites for hydroxylation is 2. The Bertz CT molecular complexity index is 308. The van der Waals surface area contributed by atoms with Crippen LogP contribution in [0, 0.1) is 0 Å². The van der Waals surface area contributed by atoms with Crippen LogP contribution in [0.3, 0.4) is 0 Å². The molecule has 92 valence electrons. The third-order valence-corrected chi connectivity index (χ3v) is 2.83. The Morgan fingerprint density at radius 3 is 1.81 bits per heavy atom. The molecule has 0 saturated heterocycles. The molecule has 16 heavy (non-hydrogen) atoms. The Morgan fingerprint density at radius 1 is 0.938 bits per heavy atom. The summed E-state index contributed by atoms with van der Waals surface area (Å²) in [5.41, 5.74) is 9.24. The molecule has 1 aromatic rings. The normalized spacial score (nSPS) is 10.7. The van der Waals surface area contributed by atoms with Gasteiger partial charge in [-0.15, -0.1) is 0 Å². The highest BCUT2D eigenvalue weighted by Gasteiger charge is 2.14. The minimum Gasteiger partial charge on any atom is -0.333 e. The van der Waals surface area contributed by atoms with Crippen molar-refractivity contribution < 1.29 is 0 Å². The molecular formula is C15H27N. The van der Waals surface area contributed by atoms with E-state index in [4.69, 9.17) is 0 Å². The number of hydrogen-bond acceptors (Lipinski definition) is 1. The second kappa shape index (κ2) is 6.70. The first kappa shape index (κ1) is 15.2. The van der Waals surface area contributed by atoms with E-state index in [1.54, 1.807) is 0 Å². The second-order valence-electron chi connectivity index (χ2n) is 4.94. The lowest BCUT2D eigenvalue weighted by molar-refractivity contribution is 0.589. The number of hydrogen-bond donors (Lipinski definition) is 1. The Hall–Kier alpha value is -0.820. The number of benzene rings is 1. The topological polar surface area (TPSA) is 26.0 Å². The van der Waals surface area contributed by atoms with E-state index in [-0.39, 0.29) is 5.41 Å². The van der Waals surface area contributed by atoms with Crippen molar-refractivity contribution in [1.29, 1.82) is 0 Å². The first-order chi connectivity index (χ1) is 7.49. The molecule has 0 aliphatic rings. The third-order valence-electron chi connectivity index (χ3n) is 2.83. The maximum absolute atomic E-state index is 4.50. The van der Waals surface area contributed by atoms with Crippen molar-refractivity contribution in [3.05, 3.63) is 34.9 Å². The van der Waals surface area contributed by atoms with Crippen molar-refractivity contribution >= 4 is 0 Å². The van der Waals surface area contributed by atoms with E-state index in [1.807, 2.05) is 0 Å². The van der Waals surface area contributed by atoms with Crippen LogP contribution >= 0.6 is 0 Å². The van der Waals surface area contributed by atoms with Gasteiger partial charge in [-0.3, -0.25) is 0 Å². The molecule has 0 fully saturated rings. The van der Waals surface area contributed by atoms with Gasteiger partial charge in [-0.25, -0.2) is 0 Å². The summed E-state index contributed by atoms with van der Waals surface area (Å²) in [7, 11) is 1.50. The van der Waals surface area contributed by atoms with E-state index in [0.717, 1.165) is 12.8 Å². The molecule has 2 N–H and O–H groups in total. The Kier molecular flexibility index (Phi) is 6.35. The van der Waals surface area contributed by atoms with Crippen molar-refractivity contribution in [3.8, 4) is 0 Å². The zero-order valence-corrected chi connectivity index (χ0v) is 11.7. The van der Waals surface area contributed by atoms with Gasteiger partial charge in [0.25, 0.3) is 0 Å². The number of rotatable bonds is 2. The van der Waals surface area contributed by atoms with Crippen molar-refractivity contribution in [2.24, 2.45) is 5.73 Å². The van der Waals surface area contributed by atoms with Gasteiger partial charge in [-0.05, 0) is 42.0 Å². The quantitative estimate of drug-likeness (QED) is 0.810. The minimum absolute atomic E-state index is 0.274. The molecular weight excluding hydrogens is 194 g/mol. The van der Waals surface area contributed by atoms with Gasteiger partial charge >= 0.3 is 0 Å². The summed E-state index contributed by atoms with van der Waals surface area (Å²) >= 11 is 0. The zero-order chi connectivity index (χ0) is 12.8. The summed E-state index contributed by atoms with van der Waals surface area (Å²) in [6.07, 6.45) is 2.29. The number of nitrogens with two attached hydrogens (primary N) is 1. The smallest absolute Gasteiger partial charge is 0.0132 e. The SMILES string of the molecule is CCc1ccc(C(C)(C)C)cc1CC.CN. The van der Waals surface area contributed by atoms with Crippen molar-refractivity contribution in [1.82, 2.24) is 0 Å². The summed E-state index contributed by atoms with van der Waals surface area (Å²) in [5.74, 6) is 0. The average molecular weight is 221 g/mol. The molecule has 1 aromatic carbocycles. The fourth-order valence-corrected chi connectivity index (χ4v) is 1.77. The molecule has 0 spiro atoms. The summed E-state index contributed by atoms with van der Waals surface area (Å²) in [6.45, 7) is 11.3. The predicted octanol–water partition coefficient (Wildman–Crippen LogP) is 3.68. The molecule has 1 heteroatoms. The second-order valence-corrected chi connectivity index (χ2v) is 4.94. The average Bonchev–Trinajstić information content (AvgIpc) is 2.29. The van der Waals surface area contributed by atoms with E-state index in [0.29, 0.717) is 0 Å². The van der Waals surface area contributed by atoms with E-state index in [2.05, 4.69) is 58.6 Å². The molecule has 0 heterocycles. The Labute approximate surface area is 101 Å². The van der Waals surface area contributed by atoms with Crippen LogP contribution in [0.4, 0.5) is 0 Å². The molecule has 0 bridgehead atoms. The summed E-state index contributed by atoms with van der Waals surface area (Å²) in [5, 5.41) is 0. The monoisotopic (exact) mass is 221 g/mol. The van der Waals surface area contributed by atoms with E-state index in [9.17, 15) is 0 Å². The van der Waals surface area contributed by atoms with Crippen LogP contribution in [0.2, 0.25) is 0 Å². The molecule has 0 aliphatic carbocycles. The summed E-state index contributed by atoms with van der Waals surface area (Å²) in [6, 6.07) is 6.94. The highest BCUT2D eigenvalue weighted by molar-refractivity contribution is 5.35. The highest BCUT2D eigenvalue weighted by atomic mass is 14.4. The molecule has 0 amide bonds. The van der Waals surface area contributed by atoms with E-state index in [1.165, 1.54) is 23.7 Å². The van der Waals surface area contributed by atoms with Gasteiger partial charge in [-0.1, -0.05) is 52.8 Å². The highest BCUT2D eigenvalue weighted by Crippen LogP contribution is 2.25. The Balaban J connectivity index is 0.00000106. The van der Waals surface area contributed by atoms with Crippen LogP contribution in [-0.2, 0) is 18.3 Å². The van der Waals surface area contributed by atoms with Crippen LogP contribution in [-0.4, -0.2) is 7.05 Å². The molecule has 1 nitrogen and oxygen atoms in total. The first-order valence-corrected chi connectivity index (χ1v) is 6.19. The van der Waals surface area contributed by atoms with Crippen molar-refractivity contribution in [3.63, 3.8) is 0 Å². The Morgan fingerprint density at radius 2 is 1.44 bits per heavy atom. The van der Waals surface area contributed by atoms with Gasteiger partial charge in [0, 0.05) is 0 Å². The molecule has 0 atom stereocenters. The van der Waals surface area contributed by atoms with Crippen LogP contribution in [0.1, 0.15) is 51.3 Å². The fourth-order valence-electron chi connectivity index (χ4n) is 1.77. The fraction of sp³-hybridized carbons (Fsp3) is 0.600. The van der Waals surface area contributed by atoms with Gasteiger partial charge in [0.05, 0.1) is 0 Å². The van der Waals surface area contributed by atoms with E-state index < -0.39 is 0 Å². The summed E-state index contributed by atoms with van der Waals surface area (Å²) < 4.78 is 0. The maximum atomic E-state index is 4.50. The van der Waals surface area contributed by atoms with E-state index >= 15 is 0 Å². The van der Waals surface area contributed by atoms with Gasteiger partial charge in [-0.2, -0.15) is 0 Å². The molecule has 0 radical (unpaired) electrons. The summed E-state index contributed by atoms with van der Waals surface area (Å²) in [4.78, 5) is 0. The van der Waals surface area contributed by atoms with Gasteiger partial charge in [0.2, 0.25) is 0 Å². The third kappa shape index (κ3) is 3.97. The molecule has 0 saturated carbocycles. The lowest BCUT2D eigenvalue weighted by Crippen LogP contribution is -2.11. The van der Waals surface area contributed by atoms with Gasteiger partial charge in [0.1, 0.15) is 0 Å². The lowest BCUT2D eigenvalue weighted by atomic mass is 9.84. The minimum atomic E-state index is 0.274. The largest absolute Gasteiger partial charge is 0.333 e. The zero-order valence-electron chi connectivity index (χ0n) is 11.7. The van der Waals surface area contributed by atoms with Crippen molar-refractivity contribution in [2.45, 2.75) is 52.9 Å².